The smallest absolute Gasteiger partial charge is 0.243 e. The Balaban J connectivity index is 1.49. The first kappa shape index (κ1) is 26.1. The van der Waals surface area contributed by atoms with Crippen molar-refractivity contribution in [2.24, 2.45) is 0 Å². The van der Waals surface area contributed by atoms with Crippen molar-refractivity contribution in [1.82, 2.24) is 9.03 Å². The standard InChI is InChI=1S/C22H27ClFN3O6S2/c1-32-22-7-5-17(34(28,29)25-15-16-3-2-12-33-16)14-21(22)26-8-10-27(11-9-26)35(30,31)18-4-6-20(24)19(23)13-18/h4-7,13-14,16,25H,2-3,8-12,15H2,1H3/t16-/m0/s1. The molecule has 9 nitrogen and oxygen atoms in total. The van der Waals surface area contributed by atoms with E-state index in [4.69, 9.17) is 21.1 Å². The van der Waals surface area contributed by atoms with Gasteiger partial charge in [0.2, 0.25) is 20.0 Å². The Morgan fingerprint density at radius 3 is 2.43 bits per heavy atom. The van der Waals surface area contributed by atoms with Crippen molar-refractivity contribution >= 4 is 37.3 Å². The predicted molar refractivity (Wildman–Crippen MR) is 130 cm³/mol. The van der Waals surface area contributed by atoms with E-state index in [-0.39, 0.29) is 40.6 Å². The van der Waals surface area contributed by atoms with Gasteiger partial charge in [-0.1, -0.05) is 11.6 Å². The van der Waals surface area contributed by atoms with Crippen LogP contribution < -0.4 is 14.4 Å². The lowest BCUT2D eigenvalue weighted by Gasteiger charge is -2.36. The molecule has 2 aliphatic rings. The van der Waals surface area contributed by atoms with Gasteiger partial charge in [0.05, 0.1) is 33.7 Å². The van der Waals surface area contributed by atoms with E-state index in [9.17, 15) is 21.2 Å². The van der Waals surface area contributed by atoms with Gasteiger partial charge in [-0.15, -0.1) is 0 Å². The number of hydrogen-bond acceptors (Lipinski definition) is 7. The van der Waals surface area contributed by atoms with E-state index in [1.807, 2.05) is 4.90 Å². The average molecular weight is 548 g/mol. The quantitative estimate of drug-likeness (QED) is 0.541. The summed E-state index contributed by atoms with van der Waals surface area (Å²) in [6.07, 6.45) is 1.59. The molecule has 1 N–H and O–H groups in total. The first-order valence-corrected chi connectivity index (χ1v) is 14.4. The second-order valence-corrected chi connectivity index (χ2v) is 12.4. The van der Waals surface area contributed by atoms with E-state index in [1.165, 1.54) is 29.6 Å². The van der Waals surface area contributed by atoms with Crippen LogP contribution in [0.3, 0.4) is 0 Å². The molecule has 2 saturated heterocycles. The third-order valence-corrected chi connectivity index (χ3v) is 9.70. The third-order valence-electron chi connectivity index (χ3n) is 6.09. The molecule has 0 aromatic heterocycles. The molecule has 0 spiro atoms. The van der Waals surface area contributed by atoms with Gasteiger partial charge in [0.15, 0.2) is 0 Å². The van der Waals surface area contributed by atoms with Gasteiger partial charge in [0, 0.05) is 39.3 Å². The summed E-state index contributed by atoms with van der Waals surface area (Å²) in [6.45, 7) is 1.74. The summed E-state index contributed by atoms with van der Waals surface area (Å²) in [7, 11) is -6.15. The van der Waals surface area contributed by atoms with Gasteiger partial charge in [-0.2, -0.15) is 4.31 Å². The monoisotopic (exact) mass is 547 g/mol. The molecule has 0 bridgehead atoms. The number of anilines is 1. The number of sulfonamides is 2. The summed E-state index contributed by atoms with van der Waals surface area (Å²) in [5.41, 5.74) is 0.550. The molecule has 35 heavy (non-hydrogen) atoms. The number of nitrogens with zero attached hydrogens (tertiary/aromatic N) is 2. The maximum absolute atomic E-state index is 13.5. The maximum atomic E-state index is 13.5. The Kier molecular flexibility index (Phi) is 7.89. The number of rotatable bonds is 8. The zero-order valence-electron chi connectivity index (χ0n) is 19.1. The van der Waals surface area contributed by atoms with E-state index in [0.29, 0.717) is 31.1 Å². The van der Waals surface area contributed by atoms with E-state index in [2.05, 4.69) is 4.72 Å². The van der Waals surface area contributed by atoms with E-state index in [0.717, 1.165) is 25.0 Å². The van der Waals surface area contributed by atoms with Gasteiger partial charge in [0.1, 0.15) is 11.6 Å². The van der Waals surface area contributed by atoms with Crippen molar-refractivity contribution in [2.45, 2.75) is 28.7 Å². The summed E-state index contributed by atoms with van der Waals surface area (Å²) < 4.78 is 80.0. The Morgan fingerprint density at radius 2 is 1.80 bits per heavy atom. The highest BCUT2D eigenvalue weighted by Crippen LogP contribution is 2.33. The highest BCUT2D eigenvalue weighted by Gasteiger charge is 2.30. The lowest BCUT2D eigenvalue weighted by Crippen LogP contribution is -2.48. The molecule has 192 valence electrons. The van der Waals surface area contributed by atoms with Crippen molar-refractivity contribution in [3.63, 3.8) is 0 Å². The van der Waals surface area contributed by atoms with Crippen molar-refractivity contribution in [3.05, 3.63) is 47.2 Å². The fourth-order valence-corrected chi connectivity index (χ4v) is 6.91. The molecule has 2 heterocycles. The Hall–Kier alpha value is -1.96. The second kappa shape index (κ2) is 10.6. The highest BCUT2D eigenvalue weighted by molar-refractivity contribution is 7.89. The van der Waals surface area contributed by atoms with Crippen LogP contribution in [0.5, 0.6) is 5.75 Å². The van der Waals surface area contributed by atoms with Crippen LogP contribution in [0.25, 0.3) is 0 Å². The minimum atomic E-state index is -3.86. The minimum absolute atomic E-state index is 0.0830. The van der Waals surface area contributed by atoms with Gasteiger partial charge in [0.25, 0.3) is 0 Å². The van der Waals surface area contributed by atoms with Gasteiger partial charge in [-0.05, 0) is 49.2 Å². The maximum Gasteiger partial charge on any atom is 0.243 e. The lowest BCUT2D eigenvalue weighted by molar-refractivity contribution is 0.114. The van der Waals surface area contributed by atoms with Crippen molar-refractivity contribution in [2.75, 3.05) is 51.3 Å². The fourth-order valence-electron chi connectivity index (χ4n) is 4.13. The summed E-state index contributed by atoms with van der Waals surface area (Å²) in [5.74, 6) is -0.215. The number of benzene rings is 2. The largest absolute Gasteiger partial charge is 0.495 e. The molecule has 0 aliphatic carbocycles. The first-order valence-electron chi connectivity index (χ1n) is 11.1. The van der Waals surface area contributed by atoms with Gasteiger partial charge >= 0.3 is 0 Å². The number of hydrogen-bond donors (Lipinski definition) is 1. The Bertz CT molecular complexity index is 1280. The summed E-state index contributed by atoms with van der Waals surface area (Å²) in [6, 6.07) is 7.89. The zero-order valence-corrected chi connectivity index (χ0v) is 21.5. The number of methoxy groups -OCH3 is 1. The molecule has 2 aliphatic heterocycles. The third kappa shape index (κ3) is 5.73. The molecular weight excluding hydrogens is 521 g/mol. The average Bonchev–Trinajstić information content (AvgIpc) is 3.38. The van der Waals surface area contributed by atoms with E-state index >= 15 is 0 Å². The zero-order chi connectivity index (χ0) is 25.2. The molecule has 2 aromatic carbocycles. The molecule has 0 amide bonds. The van der Waals surface area contributed by atoms with E-state index < -0.39 is 25.9 Å². The first-order chi connectivity index (χ1) is 16.6. The number of piperazine rings is 1. The predicted octanol–water partition coefficient (Wildman–Crippen LogP) is 2.46. The SMILES string of the molecule is COc1ccc(S(=O)(=O)NC[C@@H]2CCCO2)cc1N1CCN(S(=O)(=O)c2ccc(F)c(Cl)c2)CC1. The second-order valence-electron chi connectivity index (χ2n) is 8.29. The minimum Gasteiger partial charge on any atom is -0.495 e. The van der Waals surface area contributed by atoms with Crippen LogP contribution in [0.4, 0.5) is 10.1 Å². The Labute approximate surface area is 209 Å². The molecule has 0 unspecified atom stereocenters. The number of halogens is 2. The molecule has 0 saturated carbocycles. The van der Waals surface area contributed by atoms with Crippen LogP contribution in [0.15, 0.2) is 46.2 Å². The van der Waals surface area contributed by atoms with Crippen LogP contribution in [0.2, 0.25) is 5.02 Å². The molecule has 2 fully saturated rings. The summed E-state index contributed by atoms with van der Waals surface area (Å²) in [5, 5.41) is -0.263. The normalized spacial score (nSPS) is 19.7. The Morgan fingerprint density at radius 1 is 1.09 bits per heavy atom. The molecule has 4 rings (SSSR count). The van der Waals surface area contributed by atoms with Crippen molar-refractivity contribution in [1.29, 1.82) is 0 Å². The van der Waals surface area contributed by atoms with Crippen molar-refractivity contribution < 1.29 is 30.7 Å². The van der Waals surface area contributed by atoms with Crippen LogP contribution in [-0.4, -0.2) is 73.7 Å². The topological polar surface area (TPSA) is 105 Å². The highest BCUT2D eigenvalue weighted by atomic mass is 35.5. The van der Waals surface area contributed by atoms with E-state index in [1.54, 1.807) is 6.07 Å². The summed E-state index contributed by atoms with van der Waals surface area (Å²) >= 11 is 5.76. The molecular formula is C22H27ClFN3O6S2. The molecule has 13 heteroatoms. The molecule has 2 aromatic rings. The van der Waals surface area contributed by atoms with Crippen LogP contribution in [-0.2, 0) is 24.8 Å². The van der Waals surface area contributed by atoms with Gasteiger partial charge in [-0.3, -0.25) is 0 Å². The van der Waals surface area contributed by atoms with Gasteiger partial charge < -0.3 is 14.4 Å². The lowest BCUT2D eigenvalue weighted by atomic mass is 10.2. The van der Waals surface area contributed by atoms with Crippen LogP contribution in [0, 0.1) is 5.82 Å². The van der Waals surface area contributed by atoms with Gasteiger partial charge in [-0.25, -0.2) is 25.9 Å². The van der Waals surface area contributed by atoms with Crippen LogP contribution >= 0.6 is 11.6 Å². The summed E-state index contributed by atoms with van der Waals surface area (Å²) in [4.78, 5) is 1.88. The number of ether oxygens (including phenoxy) is 2. The number of nitrogens with one attached hydrogen (secondary N) is 1. The van der Waals surface area contributed by atoms with Crippen molar-refractivity contribution in [3.8, 4) is 5.75 Å². The fraction of sp³-hybridized carbons (Fsp3) is 0.455. The molecule has 1 atom stereocenters. The van der Waals surface area contributed by atoms with Crippen LogP contribution in [0.1, 0.15) is 12.8 Å². The molecule has 0 radical (unpaired) electrons.